The van der Waals surface area contributed by atoms with Crippen molar-refractivity contribution in [3.8, 4) is 0 Å². The van der Waals surface area contributed by atoms with Crippen LogP contribution in [0.4, 0.5) is 0 Å². The summed E-state index contributed by atoms with van der Waals surface area (Å²) in [5.41, 5.74) is 2.81. The first kappa shape index (κ1) is 34.0. The number of amides is 1. The zero-order valence-electron chi connectivity index (χ0n) is 18.2. The quantitative estimate of drug-likeness (QED) is 0.341. The maximum absolute atomic E-state index is 12.0. The molecule has 0 saturated carbocycles. The molecule has 2 aromatic rings. The van der Waals surface area contributed by atoms with Gasteiger partial charge in [-0.2, -0.15) is 0 Å². The Balaban J connectivity index is -0.000000128. The Morgan fingerprint density at radius 1 is 1.00 bits per heavy atom. The number of hydrogen-bond acceptors (Lipinski definition) is 2. The molecule has 4 nitrogen and oxygen atoms in total. The maximum atomic E-state index is 12.0. The Morgan fingerprint density at radius 2 is 1.44 bits per heavy atom. The van der Waals surface area contributed by atoms with Crippen LogP contribution in [0.5, 0.6) is 0 Å². The van der Waals surface area contributed by atoms with Crippen LogP contribution in [0.2, 0.25) is 0 Å². The summed E-state index contributed by atoms with van der Waals surface area (Å²) in [4.78, 5) is 12.0. The minimum atomic E-state index is -0.361. The van der Waals surface area contributed by atoms with Crippen LogP contribution in [-0.2, 0) is 6.42 Å². The fraction of sp³-hybridized carbons (Fsp3) is 0.350. The molecular weight excluding hydrogens is 394 g/mol. The van der Waals surface area contributed by atoms with Crippen molar-refractivity contribution < 1.29 is 41.3 Å². The van der Waals surface area contributed by atoms with Crippen molar-refractivity contribution in [3.63, 3.8) is 0 Å². The van der Waals surface area contributed by atoms with Crippen molar-refractivity contribution in [3.05, 3.63) is 71.3 Å². The fourth-order valence-electron chi connectivity index (χ4n) is 1.86. The normalized spacial score (nSPS) is 8.96. The molecule has 0 atom stereocenters. The molecule has 2 rings (SSSR count). The van der Waals surface area contributed by atoms with Crippen LogP contribution < -0.4 is 35.4 Å². The molecule has 0 saturated heterocycles. The van der Waals surface area contributed by atoms with Gasteiger partial charge in [0, 0.05) is 5.56 Å². The third-order valence-electron chi connectivity index (χ3n) is 3.49. The van der Waals surface area contributed by atoms with Gasteiger partial charge in [0.1, 0.15) is 0 Å². The van der Waals surface area contributed by atoms with Crippen molar-refractivity contribution in [2.45, 2.75) is 46.6 Å². The second-order valence-electron chi connectivity index (χ2n) is 6.55. The summed E-state index contributed by atoms with van der Waals surface area (Å²) in [5, 5.41) is 1.27. The second kappa shape index (κ2) is 16.4. The van der Waals surface area contributed by atoms with Gasteiger partial charge in [-0.15, -0.1) is 24.8 Å². The maximum Gasteiger partial charge on any atom is 1.00 e. The summed E-state index contributed by atoms with van der Waals surface area (Å²) in [6, 6.07) is 17.8. The molecule has 7 heteroatoms. The van der Waals surface area contributed by atoms with Crippen molar-refractivity contribution in [1.29, 1.82) is 0 Å². The molecule has 0 bridgehead atoms. The Kier molecular flexibility index (Phi) is 20.6. The minimum absolute atomic E-state index is 0. The van der Waals surface area contributed by atoms with E-state index in [1.807, 2.05) is 63.2 Å². The van der Waals surface area contributed by atoms with Gasteiger partial charge in [0.25, 0.3) is 5.91 Å². The molecule has 0 heterocycles. The van der Waals surface area contributed by atoms with Gasteiger partial charge < -0.3 is 6.90 Å². The van der Waals surface area contributed by atoms with E-state index in [1.165, 1.54) is 16.1 Å². The van der Waals surface area contributed by atoms with Gasteiger partial charge in [0.15, 0.2) is 0 Å². The Bertz CT molecular complexity index is 624. The third kappa shape index (κ3) is 12.5. The summed E-state index contributed by atoms with van der Waals surface area (Å²) in [6.07, 6.45) is 0.972. The number of carbonyl (C=O) groups excluding carboxylic acids is 1. The molecule has 4 N–H and O–H groups in total. The van der Waals surface area contributed by atoms with Gasteiger partial charge >= 0.3 is 29.6 Å². The molecule has 2 aromatic carbocycles. The van der Waals surface area contributed by atoms with E-state index in [2.05, 4.69) is 26.0 Å². The van der Waals surface area contributed by atoms with Crippen LogP contribution in [0, 0.1) is 6.92 Å². The predicted octanol–water partition coefficient (Wildman–Crippen LogP) is 1.49. The van der Waals surface area contributed by atoms with E-state index in [4.69, 9.17) is 5.84 Å². The van der Waals surface area contributed by atoms with Crippen molar-refractivity contribution in [2.75, 3.05) is 0 Å². The zero-order valence-corrected chi connectivity index (χ0v) is 20.8. The van der Waals surface area contributed by atoms with E-state index in [9.17, 15) is 4.79 Å². The van der Waals surface area contributed by atoms with E-state index in [0.717, 1.165) is 6.42 Å². The number of aryl methyl sites for hydroxylation is 2. The van der Waals surface area contributed by atoms with Crippen LogP contribution in [0.25, 0.3) is 0 Å². The molecule has 27 heavy (non-hydrogen) atoms. The number of nitrogens with zero attached hydrogens (tertiary/aromatic N) is 1. The number of hydrazine groups is 1. The number of nitrogens with two attached hydrogens (primary N) is 1. The molecule has 0 spiro atoms. The van der Waals surface area contributed by atoms with Gasteiger partial charge in [-0.05, 0) is 51.8 Å². The Labute approximate surface area is 199 Å². The summed E-state index contributed by atoms with van der Waals surface area (Å²) in [7, 11) is 0. The third-order valence-corrected chi connectivity index (χ3v) is 3.49. The van der Waals surface area contributed by atoms with E-state index >= 15 is 0 Å². The fourth-order valence-corrected chi connectivity index (χ4v) is 1.86. The smallest absolute Gasteiger partial charge is 1.00 e. The van der Waals surface area contributed by atoms with E-state index in [1.54, 1.807) is 0 Å². The summed E-state index contributed by atoms with van der Waals surface area (Å²) in [5.74, 6) is 5.64. The van der Waals surface area contributed by atoms with Crippen LogP contribution in [0.15, 0.2) is 54.6 Å². The Morgan fingerprint density at radius 3 is 1.74 bits per heavy atom. The molecule has 0 unspecified atom stereocenters. The SMILES string of the molecule is CCc1ccc(C(=O)N(N)C(C)(C)C)cc1.Cc1ccccc1.Cl.Cl.O.[H-].[Na+]. The first-order valence-electron chi connectivity index (χ1n) is 7.95. The molecule has 1 amide bonds. The summed E-state index contributed by atoms with van der Waals surface area (Å²) < 4.78 is 0. The van der Waals surface area contributed by atoms with E-state index in [-0.39, 0.29) is 72.7 Å². The van der Waals surface area contributed by atoms with Crippen molar-refractivity contribution >= 4 is 30.7 Å². The Hall–Kier alpha value is -0.590. The standard InChI is InChI=1S/C13H20N2O.C7H8.2ClH.Na.H2O.H/c1-5-10-6-8-11(9-7-10)12(16)15(14)13(2,3)4;1-7-5-3-2-4-6-7;;;;;/h6-9H,5,14H2,1-4H3;2-6H,1H3;2*1H;;1H2;/q;;;;+1;;-1. The molecule has 150 valence electrons. The number of benzene rings is 2. The number of rotatable bonds is 2. The van der Waals surface area contributed by atoms with E-state index < -0.39 is 0 Å². The topological polar surface area (TPSA) is 77.8 Å². The van der Waals surface area contributed by atoms with E-state index in [0.29, 0.717) is 5.56 Å². The summed E-state index contributed by atoms with van der Waals surface area (Å²) in [6.45, 7) is 9.89. The van der Waals surface area contributed by atoms with Gasteiger partial charge in [0.2, 0.25) is 0 Å². The predicted molar refractivity (Wildman–Crippen MR) is 116 cm³/mol. The average Bonchev–Trinajstić information content (AvgIpc) is 2.54. The first-order valence-corrected chi connectivity index (χ1v) is 7.95. The van der Waals surface area contributed by atoms with Gasteiger partial charge in [-0.25, -0.2) is 5.84 Å². The molecule has 0 aliphatic rings. The number of carbonyl (C=O) groups is 1. The van der Waals surface area contributed by atoms with Crippen LogP contribution in [-0.4, -0.2) is 21.9 Å². The average molecular weight is 427 g/mol. The molecular formula is C20H33Cl2N2NaO2. The van der Waals surface area contributed by atoms with Crippen LogP contribution in [0.3, 0.4) is 0 Å². The van der Waals surface area contributed by atoms with Gasteiger partial charge in [-0.3, -0.25) is 9.80 Å². The van der Waals surface area contributed by atoms with Crippen LogP contribution >= 0.6 is 24.8 Å². The number of hydrogen-bond donors (Lipinski definition) is 1. The number of halogens is 2. The molecule has 0 fully saturated rings. The van der Waals surface area contributed by atoms with Gasteiger partial charge in [-0.1, -0.05) is 55.0 Å². The molecule has 0 radical (unpaired) electrons. The zero-order chi connectivity index (χ0) is 17.5. The minimum Gasteiger partial charge on any atom is -1.00 e. The molecule has 0 aromatic heterocycles. The van der Waals surface area contributed by atoms with Gasteiger partial charge in [0.05, 0.1) is 5.54 Å². The van der Waals surface area contributed by atoms with Crippen molar-refractivity contribution in [2.24, 2.45) is 5.84 Å². The summed E-state index contributed by atoms with van der Waals surface area (Å²) >= 11 is 0. The first-order chi connectivity index (χ1) is 10.8. The largest absolute Gasteiger partial charge is 1.00 e. The van der Waals surface area contributed by atoms with Crippen LogP contribution in [0.1, 0.15) is 50.6 Å². The monoisotopic (exact) mass is 426 g/mol. The van der Waals surface area contributed by atoms with Crippen molar-refractivity contribution in [1.82, 2.24) is 5.01 Å². The molecule has 0 aliphatic heterocycles. The molecule has 0 aliphatic carbocycles. The second-order valence-corrected chi connectivity index (χ2v) is 6.55.